The number of phenols is 1. The van der Waals surface area contributed by atoms with Gasteiger partial charge in [-0.3, -0.25) is 0 Å². The lowest BCUT2D eigenvalue weighted by atomic mass is 10.2. The number of ether oxygens (including phenoxy) is 2. The summed E-state index contributed by atoms with van der Waals surface area (Å²) in [6.45, 7) is 0.644. The van der Waals surface area contributed by atoms with Gasteiger partial charge in [0.15, 0.2) is 17.9 Å². The molecule has 82 valence electrons. The Morgan fingerprint density at radius 3 is 3.00 bits per heavy atom. The van der Waals surface area contributed by atoms with Crippen LogP contribution in [0.25, 0.3) is 0 Å². The van der Waals surface area contributed by atoms with Crippen molar-refractivity contribution in [2.45, 2.75) is 25.6 Å². The SMILES string of the molecule is Oc1ccc(F)c(O[C@@H]2CCCCO2)c1. The van der Waals surface area contributed by atoms with Gasteiger partial charge >= 0.3 is 0 Å². The van der Waals surface area contributed by atoms with Gasteiger partial charge in [0, 0.05) is 12.5 Å². The second-order valence-corrected chi connectivity index (χ2v) is 3.53. The van der Waals surface area contributed by atoms with Crippen LogP contribution in [0, 0.1) is 5.82 Å². The summed E-state index contributed by atoms with van der Waals surface area (Å²) >= 11 is 0. The summed E-state index contributed by atoms with van der Waals surface area (Å²) in [4.78, 5) is 0. The van der Waals surface area contributed by atoms with Crippen molar-refractivity contribution >= 4 is 0 Å². The normalized spacial score (nSPS) is 21.3. The topological polar surface area (TPSA) is 38.7 Å². The standard InChI is InChI=1S/C11H13FO3/c12-9-5-4-8(13)7-10(9)15-11-3-1-2-6-14-11/h4-5,7,11,13H,1-3,6H2/t11-/m1/s1. The van der Waals surface area contributed by atoms with E-state index in [0.717, 1.165) is 19.3 Å². The highest BCUT2D eigenvalue weighted by Crippen LogP contribution is 2.25. The van der Waals surface area contributed by atoms with E-state index in [1.807, 2.05) is 0 Å². The van der Waals surface area contributed by atoms with E-state index in [-0.39, 0.29) is 11.5 Å². The molecule has 1 saturated heterocycles. The minimum atomic E-state index is -0.484. The molecule has 0 radical (unpaired) electrons. The molecule has 2 rings (SSSR count). The van der Waals surface area contributed by atoms with Crippen molar-refractivity contribution < 1.29 is 19.0 Å². The van der Waals surface area contributed by atoms with Crippen LogP contribution in [-0.2, 0) is 4.74 Å². The zero-order valence-electron chi connectivity index (χ0n) is 8.28. The molecule has 15 heavy (non-hydrogen) atoms. The zero-order chi connectivity index (χ0) is 10.7. The Morgan fingerprint density at radius 2 is 2.27 bits per heavy atom. The Hall–Kier alpha value is -1.29. The first kappa shape index (κ1) is 10.2. The fourth-order valence-corrected chi connectivity index (χ4v) is 1.53. The summed E-state index contributed by atoms with van der Waals surface area (Å²) in [5, 5.41) is 9.18. The van der Waals surface area contributed by atoms with E-state index in [0.29, 0.717) is 6.61 Å². The quantitative estimate of drug-likeness (QED) is 0.818. The minimum Gasteiger partial charge on any atom is -0.508 e. The van der Waals surface area contributed by atoms with Crippen LogP contribution in [0.15, 0.2) is 18.2 Å². The molecule has 1 aromatic rings. The van der Waals surface area contributed by atoms with E-state index in [1.165, 1.54) is 18.2 Å². The summed E-state index contributed by atoms with van der Waals surface area (Å²) < 4.78 is 23.8. The van der Waals surface area contributed by atoms with Crippen LogP contribution in [0.3, 0.4) is 0 Å². The largest absolute Gasteiger partial charge is 0.508 e. The second-order valence-electron chi connectivity index (χ2n) is 3.53. The predicted octanol–water partition coefficient (Wildman–Crippen LogP) is 2.44. The molecule has 0 saturated carbocycles. The van der Waals surface area contributed by atoms with Gasteiger partial charge in [-0.15, -0.1) is 0 Å². The first-order valence-corrected chi connectivity index (χ1v) is 5.02. The van der Waals surface area contributed by atoms with Gasteiger partial charge in [-0.25, -0.2) is 4.39 Å². The van der Waals surface area contributed by atoms with Crippen LogP contribution < -0.4 is 4.74 Å². The molecule has 3 nitrogen and oxygen atoms in total. The molecule has 1 aromatic carbocycles. The Bertz CT molecular complexity index is 335. The van der Waals surface area contributed by atoms with E-state index in [4.69, 9.17) is 9.47 Å². The summed E-state index contributed by atoms with van der Waals surface area (Å²) in [5.74, 6) is -0.453. The minimum absolute atomic E-state index is 0.0118. The van der Waals surface area contributed by atoms with Crippen molar-refractivity contribution in [3.63, 3.8) is 0 Å². The fourth-order valence-electron chi connectivity index (χ4n) is 1.53. The van der Waals surface area contributed by atoms with Crippen molar-refractivity contribution in [3.05, 3.63) is 24.0 Å². The molecule has 0 bridgehead atoms. The maximum atomic E-state index is 13.2. The van der Waals surface area contributed by atoms with Crippen molar-refractivity contribution in [3.8, 4) is 11.5 Å². The lowest BCUT2D eigenvalue weighted by Crippen LogP contribution is -2.25. The molecule has 0 amide bonds. The van der Waals surface area contributed by atoms with Crippen LogP contribution in [0.4, 0.5) is 4.39 Å². The van der Waals surface area contributed by atoms with E-state index < -0.39 is 12.1 Å². The molecule has 1 atom stereocenters. The smallest absolute Gasteiger partial charge is 0.199 e. The van der Waals surface area contributed by atoms with E-state index in [9.17, 15) is 9.50 Å². The second kappa shape index (κ2) is 4.49. The molecule has 4 heteroatoms. The van der Waals surface area contributed by atoms with E-state index in [2.05, 4.69) is 0 Å². The van der Waals surface area contributed by atoms with Gasteiger partial charge in [0.1, 0.15) is 5.75 Å². The maximum Gasteiger partial charge on any atom is 0.199 e. The van der Waals surface area contributed by atoms with Crippen molar-refractivity contribution in [1.29, 1.82) is 0 Å². The Morgan fingerprint density at radius 1 is 1.40 bits per heavy atom. The number of aromatic hydroxyl groups is 1. The van der Waals surface area contributed by atoms with Gasteiger partial charge in [-0.1, -0.05) is 0 Å². The van der Waals surface area contributed by atoms with Crippen molar-refractivity contribution in [1.82, 2.24) is 0 Å². The van der Waals surface area contributed by atoms with Gasteiger partial charge in [0.25, 0.3) is 0 Å². The number of benzene rings is 1. The zero-order valence-corrected chi connectivity index (χ0v) is 8.28. The lowest BCUT2D eigenvalue weighted by molar-refractivity contribution is -0.107. The molecule has 0 spiro atoms. The van der Waals surface area contributed by atoms with Crippen molar-refractivity contribution in [2.24, 2.45) is 0 Å². The number of rotatable bonds is 2. The van der Waals surface area contributed by atoms with Crippen LogP contribution in [-0.4, -0.2) is 18.0 Å². The van der Waals surface area contributed by atoms with Gasteiger partial charge < -0.3 is 14.6 Å². The molecular formula is C11H13FO3. The van der Waals surface area contributed by atoms with Crippen molar-refractivity contribution in [2.75, 3.05) is 6.61 Å². The predicted molar refractivity (Wildman–Crippen MR) is 52.3 cm³/mol. The highest BCUT2D eigenvalue weighted by Gasteiger charge is 2.17. The number of phenolic OH excluding ortho intramolecular Hbond substituents is 1. The Kier molecular flexibility index (Phi) is 3.06. The molecule has 0 aromatic heterocycles. The lowest BCUT2D eigenvalue weighted by Gasteiger charge is -2.23. The third-order valence-corrected chi connectivity index (χ3v) is 2.31. The number of hydrogen-bond donors (Lipinski definition) is 1. The number of halogens is 1. The third-order valence-electron chi connectivity index (χ3n) is 2.31. The molecule has 1 heterocycles. The van der Waals surface area contributed by atoms with Crippen LogP contribution in [0.5, 0.6) is 11.5 Å². The first-order valence-electron chi connectivity index (χ1n) is 5.02. The summed E-state index contributed by atoms with van der Waals surface area (Å²) in [6, 6.07) is 3.71. The molecular weight excluding hydrogens is 199 g/mol. The average Bonchev–Trinajstić information content (AvgIpc) is 2.25. The number of hydrogen-bond acceptors (Lipinski definition) is 3. The molecule has 1 N–H and O–H groups in total. The summed E-state index contributed by atoms with van der Waals surface area (Å²) in [7, 11) is 0. The molecule has 0 aliphatic carbocycles. The van der Waals surface area contributed by atoms with Crippen LogP contribution >= 0.6 is 0 Å². The van der Waals surface area contributed by atoms with Crippen LogP contribution in [0.2, 0.25) is 0 Å². The summed E-state index contributed by atoms with van der Waals surface area (Å²) in [5.41, 5.74) is 0. The summed E-state index contributed by atoms with van der Waals surface area (Å²) in [6.07, 6.45) is 2.40. The Balaban J connectivity index is 2.05. The monoisotopic (exact) mass is 212 g/mol. The van der Waals surface area contributed by atoms with Gasteiger partial charge in [0.2, 0.25) is 0 Å². The third kappa shape index (κ3) is 2.59. The molecule has 1 fully saturated rings. The highest BCUT2D eigenvalue weighted by molar-refractivity contribution is 5.33. The van der Waals surface area contributed by atoms with E-state index in [1.54, 1.807) is 0 Å². The highest BCUT2D eigenvalue weighted by atomic mass is 19.1. The first-order chi connectivity index (χ1) is 7.25. The van der Waals surface area contributed by atoms with Gasteiger partial charge in [0.05, 0.1) is 6.61 Å². The molecule has 1 aliphatic heterocycles. The molecule has 0 unspecified atom stereocenters. The molecule has 1 aliphatic rings. The van der Waals surface area contributed by atoms with E-state index >= 15 is 0 Å². The maximum absolute atomic E-state index is 13.2. The average molecular weight is 212 g/mol. The Labute approximate surface area is 87.4 Å². The van der Waals surface area contributed by atoms with Gasteiger partial charge in [-0.05, 0) is 25.0 Å². The van der Waals surface area contributed by atoms with Crippen LogP contribution in [0.1, 0.15) is 19.3 Å². The van der Waals surface area contributed by atoms with Gasteiger partial charge in [-0.2, -0.15) is 0 Å². The fraction of sp³-hybridized carbons (Fsp3) is 0.455.